The third kappa shape index (κ3) is 12.4. The van der Waals surface area contributed by atoms with Crippen molar-refractivity contribution in [2.24, 2.45) is 0 Å². The van der Waals surface area contributed by atoms with Crippen LogP contribution in [0.4, 0.5) is 11.4 Å². The number of carboxylic acids is 1. The van der Waals surface area contributed by atoms with Crippen LogP contribution in [0, 0.1) is 20.2 Å². The molecule has 0 aliphatic heterocycles. The van der Waals surface area contributed by atoms with Crippen molar-refractivity contribution >= 4 is 23.3 Å². The molecule has 30 heavy (non-hydrogen) atoms. The van der Waals surface area contributed by atoms with Gasteiger partial charge < -0.3 is 14.9 Å². The first-order valence-electron chi connectivity index (χ1n) is 8.64. The predicted molar refractivity (Wildman–Crippen MR) is 106 cm³/mol. The topological polar surface area (TPSA) is 170 Å². The Bertz CT molecular complexity index is 834. The highest BCUT2D eigenvalue weighted by molar-refractivity contribution is 5.69. The van der Waals surface area contributed by atoms with Gasteiger partial charge in [0.2, 0.25) is 0 Å². The Morgan fingerprint density at radius 3 is 1.67 bits per heavy atom. The number of nitro groups is 2. The van der Waals surface area contributed by atoms with Crippen LogP contribution in [-0.2, 0) is 9.59 Å². The van der Waals surface area contributed by atoms with E-state index >= 15 is 0 Å². The van der Waals surface area contributed by atoms with Crippen LogP contribution in [-0.4, -0.2) is 32.0 Å². The third-order valence-electron chi connectivity index (χ3n) is 3.11. The van der Waals surface area contributed by atoms with Crippen LogP contribution in [0.15, 0.2) is 48.5 Å². The molecule has 0 bridgehead atoms. The molecule has 11 nitrogen and oxygen atoms in total. The number of esters is 1. The van der Waals surface area contributed by atoms with Crippen LogP contribution in [0.25, 0.3) is 0 Å². The number of carboxylic acid groups (broad SMARTS) is 1. The minimum Gasteiger partial charge on any atom is -0.508 e. The van der Waals surface area contributed by atoms with E-state index in [1.807, 2.05) is 6.92 Å². The maximum absolute atomic E-state index is 10.5. The average molecular weight is 422 g/mol. The lowest BCUT2D eigenvalue weighted by molar-refractivity contribution is -0.385. The van der Waals surface area contributed by atoms with Crippen molar-refractivity contribution in [2.45, 2.75) is 33.1 Å². The minimum atomic E-state index is -0.693. The number of rotatable bonds is 6. The monoisotopic (exact) mass is 422 g/mol. The number of aromatic hydroxyl groups is 1. The Morgan fingerprint density at radius 1 is 0.933 bits per heavy atom. The zero-order chi connectivity index (χ0) is 23.1. The van der Waals surface area contributed by atoms with Crippen LogP contribution in [0.5, 0.6) is 11.5 Å². The van der Waals surface area contributed by atoms with Crippen LogP contribution in [0.2, 0.25) is 0 Å². The van der Waals surface area contributed by atoms with Gasteiger partial charge in [-0.1, -0.05) is 13.3 Å². The van der Waals surface area contributed by atoms with Gasteiger partial charge in [-0.25, -0.2) is 0 Å². The molecule has 0 aliphatic carbocycles. The quantitative estimate of drug-likeness (QED) is 0.301. The summed E-state index contributed by atoms with van der Waals surface area (Å²) in [5.74, 6) is -0.806. The van der Waals surface area contributed by atoms with E-state index in [0.717, 1.165) is 12.8 Å². The van der Waals surface area contributed by atoms with E-state index in [1.165, 1.54) is 55.5 Å². The summed E-state index contributed by atoms with van der Waals surface area (Å²) in [5.41, 5.74) is -0.0475. The van der Waals surface area contributed by atoms with Gasteiger partial charge >= 0.3 is 11.9 Å². The number of nitro benzene ring substituents is 2. The fourth-order valence-corrected chi connectivity index (χ4v) is 1.70. The van der Waals surface area contributed by atoms with E-state index in [1.54, 1.807) is 0 Å². The molecule has 0 unspecified atom stereocenters. The minimum absolute atomic E-state index is 0.0159. The van der Waals surface area contributed by atoms with Crippen molar-refractivity contribution in [1.29, 1.82) is 0 Å². The molecule has 0 fully saturated rings. The Kier molecular flexibility index (Phi) is 12.2. The number of ether oxygens (including phenoxy) is 1. The van der Waals surface area contributed by atoms with Crippen LogP contribution in [0.1, 0.15) is 33.1 Å². The second-order valence-corrected chi connectivity index (χ2v) is 5.62. The number of nitrogens with zero attached hydrogens (tertiary/aromatic N) is 2. The first-order chi connectivity index (χ1) is 14.1. The summed E-state index contributed by atoms with van der Waals surface area (Å²) in [6, 6.07) is 10.3. The standard InChI is InChI=1S/C8H7NO4.C6H5NO3.C5H10O2/c1-6(10)13-8-4-2-7(3-5-8)9(11)12;8-6-3-1-5(2-4-6)7(9)10;1-2-3-4-5(6)7/h2-5H,1H3;1-4,8H;2-4H2,1H3,(H,6,7). The fraction of sp³-hybridized carbons (Fsp3) is 0.263. The van der Waals surface area contributed by atoms with Crippen molar-refractivity contribution in [3.05, 3.63) is 68.8 Å². The third-order valence-corrected chi connectivity index (χ3v) is 3.11. The van der Waals surface area contributed by atoms with E-state index in [9.17, 15) is 29.8 Å². The first-order valence-corrected chi connectivity index (χ1v) is 8.64. The van der Waals surface area contributed by atoms with E-state index in [-0.39, 0.29) is 17.1 Å². The first kappa shape index (κ1) is 26.0. The number of phenols is 1. The Balaban J connectivity index is 0.000000442. The predicted octanol–water partition coefficient (Wildman–Crippen LogP) is 4.08. The van der Waals surface area contributed by atoms with E-state index in [2.05, 4.69) is 4.74 Å². The van der Waals surface area contributed by atoms with Crippen molar-refractivity contribution < 1.29 is 34.4 Å². The van der Waals surface area contributed by atoms with Crippen molar-refractivity contribution in [2.75, 3.05) is 0 Å². The van der Waals surface area contributed by atoms with Gasteiger partial charge in [-0.05, 0) is 30.7 Å². The molecule has 2 aromatic carbocycles. The maximum Gasteiger partial charge on any atom is 0.308 e. The lowest BCUT2D eigenvalue weighted by atomic mass is 10.3. The van der Waals surface area contributed by atoms with Gasteiger partial charge in [-0.3, -0.25) is 29.8 Å². The lowest BCUT2D eigenvalue weighted by Gasteiger charge is -1.98. The highest BCUT2D eigenvalue weighted by Crippen LogP contribution is 2.17. The Hall–Kier alpha value is -4.02. The van der Waals surface area contributed by atoms with Crippen LogP contribution >= 0.6 is 0 Å². The zero-order valence-corrected chi connectivity index (χ0v) is 16.4. The van der Waals surface area contributed by atoms with Crippen molar-refractivity contribution in [3.8, 4) is 11.5 Å². The highest BCUT2D eigenvalue weighted by Gasteiger charge is 2.05. The largest absolute Gasteiger partial charge is 0.508 e. The number of non-ortho nitro benzene ring substituents is 2. The number of unbranched alkanes of at least 4 members (excludes halogenated alkanes) is 1. The fourth-order valence-electron chi connectivity index (χ4n) is 1.70. The SMILES string of the molecule is CC(=O)Oc1ccc([N+](=O)[O-])cc1.CCCCC(=O)O.O=[N+]([O-])c1ccc(O)cc1. The van der Waals surface area contributed by atoms with Gasteiger partial charge in [0.1, 0.15) is 11.5 Å². The summed E-state index contributed by atoms with van der Waals surface area (Å²) in [7, 11) is 0. The van der Waals surface area contributed by atoms with Gasteiger partial charge in [0, 0.05) is 37.6 Å². The number of hydrogen-bond donors (Lipinski definition) is 2. The van der Waals surface area contributed by atoms with E-state index < -0.39 is 21.8 Å². The number of carbonyl (C=O) groups is 2. The van der Waals surface area contributed by atoms with Crippen molar-refractivity contribution in [1.82, 2.24) is 0 Å². The van der Waals surface area contributed by atoms with Crippen LogP contribution < -0.4 is 4.74 Å². The lowest BCUT2D eigenvalue weighted by Crippen LogP contribution is -2.01. The molecule has 0 aliphatic rings. The number of benzene rings is 2. The molecule has 0 saturated heterocycles. The van der Waals surface area contributed by atoms with Gasteiger partial charge in [-0.15, -0.1) is 0 Å². The second-order valence-electron chi connectivity index (χ2n) is 5.62. The molecule has 0 saturated carbocycles. The summed E-state index contributed by atoms with van der Waals surface area (Å²) >= 11 is 0. The zero-order valence-electron chi connectivity index (χ0n) is 16.4. The molecule has 2 rings (SSSR count). The van der Waals surface area contributed by atoms with Gasteiger partial charge in [0.05, 0.1) is 9.85 Å². The molecule has 0 aromatic heterocycles. The summed E-state index contributed by atoms with van der Waals surface area (Å²) in [6.45, 7) is 3.24. The van der Waals surface area contributed by atoms with Gasteiger partial charge in [0.15, 0.2) is 0 Å². The van der Waals surface area contributed by atoms with Gasteiger partial charge in [-0.2, -0.15) is 0 Å². The highest BCUT2D eigenvalue weighted by atomic mass is 16.6. The molecule has 2 aromatic rings. The summed E-state index contributed by atoms with van der Waals surface area (Å²) in [4.78, 5) is 39.5. The molecule has 0 heterocycles. The summed E-state index contributed by atoms with van der Waals surface area (Å²) in [5, 5.41) is 37.0. The van der Waals surface area contributed by atoms with Crippen molar-refractivity contribution in [3.63, 3.8) is 0 Å². The molecule has 0 atom stereocenters. The molecular weight excluding hydrogens is 400 g/mol. The van der Waals surface area contributed by atoms with E-state index in [4.69, 9.17) is 10.2 Å². The van der Waals surface area contributed by atoms with Gasteiger partial charge in [0.25, 0.3) is 11.4 Å². The number of phenolic OH excluding ortho intramolecular Hbond substituents is 1. The molecule has 162 valence electrons. The average Bonchev–Trinajstić information content (AvgIpc) is 2.67. The Morgan fingerprint density at radius 2 is 1.37 bits per heavy atom. The number of carbonyl (C=O) groups excluding carboxylic acids is 1. The normalized spacial score (nSPS) is 9.13. The molecule has 11 heteroatoms. The van der Waals surface area contributed by atoms with Crippen LogP contribution in [0.3, 0.4) is 0 Å². The second kappa shape index (κ2) is 14.0. The smallest absolute Gasteiger partial charge is 0.308 e. The number of aliphatic carboxylic acids is 1. The Labute approximate surface area is 171 Å². The molecule has 0 amide bonds. The number of hydrogen-bond acceptors (Lipinski definition) is 8. The molecular formula is C19H22N2O9. The summed E-state index contributed by atoms with van der Waals surface area (Å²) < 4.78 is 4.69. The summed E-state index contributed by atoms with van der Waals surface area (Å²) in [6.07, 6.45) is 2.08. The molecule has 0 spiro atoms. The maximum atomic E-state index is 10.5. The molecule has 0 radical (unpaired) electrons. The van der Waals surface area contributed by atoms with E-state index in [0.29, 0.717) is 12.2 Å². The molecule has 2 N–H and O–H groups in total.